The van der Waals surface area contributed by atoms with E-state index < -0.39 is 10.0 Å². The third-order valence-corrected chi connectivity index (χ3v) is 6.57. The minimum atomic E-state index is -3.65. The Morgan fingerprint density at radius 1 is 0.967 bits per heavy atom. The lowest BCUT2D eigenvalue weighted by atomic mass is 10.2. The highest BCUT2D eigenvalue weighted by Gasteiger charge is 2.21. The summed E-state index contributed by atoms with van der Waals surface area (Å²) in [5.41, 5.74) is 2.44. The molecule has 3 aromatic carbocycles. The SMILES string of the molecule is CN(Cc1ccccc1)S(=O)(=O)c1ccc(NC(=O)c2n[nH]c3ccccc23)cc1. The maximum Gasteiger partial charge on any atom is 0.276 e. The smallest absolute Gasteiger partial charge is 0.276 e. The van der Waals surface area contributed by atoms with Gasteiger partial charge in [-0.3, -0.25) is 9.89 Å². The van der Waals surface area contributed by atoms with Crippen LogP contribution in [0.25, 0.3) is 10.9 Å². The number of aromatic nitrogens is 2. The Balaban J connectivity index is 1.49. The van der Waals surface area contributed by atoms with Crippen molar-refractivity contribution in [2.24, 2.45) is 0 Å². The van der Waals surface area contributed by atoms with E-state index in [0.717, 1.165) is 16.5 Å². The number of anilines is 1. The normalized spacial score (nSPS) is 11.7. The van der Waals surface area contributed by atoms with Gasteiger partial charge in [0.15, 0.2) is 5.69 Å². The highest BCUT2D eigenvalue weighted by molar-refractivity contribution is 7.89. The molecular formula is C22H20N4O3S. The number of carbonyl (C=O) groups is 1. The number of rotatable bonds is 6. The highest BCUT2D eigenvalue weighted by Crippen LogP contribution is 2.21. The van der Waals surface area contributed by atoms with Gasteiger partial charge in [-0.2, -0.15) is 9.40 Å². The Kier molecular flexibility index (Phi) is 5.35. The van der Waals surface area contributed by atoms with Crippen LogP contribution in [0.4, 0.5) is 5.69 Å². The number of carbonyl (C=O) groups excluding carboxylic acids is 1. The summed E-state index contributed by atoms with van der Waals surface area (Å²) in [7, 11) is -2.11. The molecule has 0 spiro atoms. The van der Waals surface area contributed by atoms with Gasteiger partial charge in [-0.25, -0.2) is 8.42 Å². The van der Waals surface area contributed by atoms with Gasteiger partial charge < -0.3 is 5.32 Å². The Morgan fingerprint density at radius 3 is 2.37 bits per heavy atom. The third kappa shape index (κ3) is 3.96. The fourth-order valence-electron chi connectivity index (χ4n) is 3.14. The van der Waals surface area contributed by atoms with E-state index in [1.54, 1.807) is 19.2 Å². The van der Waals surface area contributed by atoms with Crippen LogP contribution in [0.3, 0.4) is 0 Å². The van der Waals surface area contributed by atoms with Crippen LogP contribution in [0.15, 0.2) is 83.8 Å². The van der Waals surface area contributed by atoms with E-state index >= 15 is 0 Å². The molecule has 1 heterocycles. The number of H-pyrrole nitrogens is 1. The lowest BCUT2D eigenvalue weighted by molar-refractivity contribution is 0.102. The molecule has 0 saturated carbocycles. The average Bonchev–Trinajstić information content (AvgIpc) is 3.19. The maximum absolute atomic E-state index is 12.8. The number of hydrogen-bond donors (Lipinski definition) is 2. The van der Waals surface area contributed by atoms with Gasteiger partial charge in [0.05, 0.1) is 10.4 Å². The second kappa shape index (κ2) is 8.10. The Morgan fingerprint density at radius 2 is 1.63 bits per heavy atom. The van der Waals surface area contributed by atoms with E-state index in [2.05, 4.69) is 15.5 Å². The standard InChI is InChI=1S/C22H20N4O3S/c1-26(15-16-7-3-2-4-8-16)30(28,29)18-13-11-17(12-14-18)23-22(27)21-19-9-5-6-10-20(19)24-25-21/h2-14H,15H2,1H3,(H,23,27)(H,24,25). The van der Waals surface area contributed by atoms with Crippen LogP contribution >= 0.6 is 0 Å². The van der Waals surface area contributed by atoms with Crippen molar-refractivity contribution in [3.63, 3.8) is 0 Å². The van der Waals surface area contributed by atoms with Gasteiger partial charge in [-0.1, -0.05) is 48.5 Å². The van der Waals surface area contributed by atoms with Gasteiger partial charge >= 0.3 is 0 Å². The molecule has 0 fully saturated rings. The van der Waals surface area contributed by atoms with Crippen molar-refractivity contribution in [1.29, 1.82) is 0 Å². The van der Waals surface area contributed by atoms with Crippen molar-refractivity contribution in [2.45, 2.75) is 11.4 Å². The number of nitrogens with one attached hydrogen (secondary N) is 2. The summed E-state index contributed by atoms with van der Waals surface area (Å²) in [5.74, 6) is -0.371. The molecule has 4 rings (SSSR count). The Hall–Kier alpha value is -3.49. The quantitative estimate of drug-likeness (QED) is 0.498. The molecular weight excluding hydrogens is 400 g/mol. The molecule has 0 aliphatic heterocycles. The van der Waals surface area contributed by atoms with E-state index in [9.17, 15) is 13.2 Å². The number of nitrogens with zero attached hydrogens (tertiary/aromatic N) is 2. The highest BCUT2D eigenvalue weighted by atomic mass is 32.2. The van der Waals surface area contributed by atoms with Crippen LogP contribution < -0.4 is 5.32 Å². The first-order valence-corrected chi connectivity index (χ1v) is 10.7. The first-order valence-electron chi connectivity index (χ1n) is 9.30. The number of para-hydroxylation sites is 1. The summed E-state index contributed by atoms with van der Waals surface area (Å²) in [6, 6.07) is 22.8. The van der Waals surface area contributed by atoms with E-state index in [1.165, 1.54) is 16.4 Å². The minimum absolute atomic E-state index is 0.157. The molecule has 0 radical (unpaired) electrons. The van der Waals surface area contributed by atoms with Gasteiger partial charge in [-0.05, 0) is 35.9 Å². The second-order valence-electron chi connectivity index (χ2n) is 6.84. The van der Waals surface area contributed by atoms with Crippen molar-refractivity contribution < 1.29 is 13.2 Å². The fraction of sp³-hybridized carbons (Fsp3) is 0.0909. The lowest BCUT2D eigenvalue weighted by Gasteiger charge is -2.17. The van der Waals surface area contributed by atoms with Gasteiger partial charge in [-0.15, -0.1) is 0 Å². The minimum Gasteiger partial charge on any atom is -0.321 e. The molecule has 8 heteroatoms. The van der Waals surface area contributed by atoms with Gasteiger partial charge in [0.2, 0.25) is 10.0 Å². The molecule has 1 aromatic heterocycles. The molecule has 4 aromatic rings. The maximum atomic E-state index is 12.8. The topological polar surface area (TPSA) is 95.2 Å². The van der Waals surface area contributed by atoms with Crippen LogP contribution in [-0.2, 0) is 16.6 Å². The van der Waals surface area contributed by atoms with E-state index in [1.807, 2.05) is 54.6 Å². The number of benzene rings is 3. The van der Waals surface area contributed by atoms with Crippen LogP contribution in [0.5, 0.6) is 0 Å². The van der Waals surface area contributed by atoms with Crippen LogP contribution in [0.2, 0.25) is 0 Å². The molecule has 7 nitrogen and oxygen atoms in total. The van der Waals surface area contributed by atoms with E-state index in [-0.39, 0.29) is 23.0 Å². The molecule has 0 saturated heterocycles. The number of amides is 1. The van der Waals surface area contributed by atoms with Gasteiger partial charge in [0, 0.05) is 24.7 Å². The van der Waals surface area contributed by atoms with Crippen LogP contribution in [-0.4, -0.2) is 35.9 Å². The molecule has 0 bridgehead atoms. The molecule has 2 N–H and O–H groups in total. The molecule has 152 valence electrons. The first-order chi connectivity index (χ1) is 14.4. The average molecular weight is 420 g/mol. The van der Waals surface area contributed by atoms with Crippen LogP contribution in [0, 0.1) is 0 Å². The molecule has 0 atom stereocenters. The predicted octanol–water partition coefficient (Wildman–Crippen LogP) is 3.64. The van der Waals surface area contributed by atoms with Gasteiger partial charge in [0.25, 0.3) is 5.91 Å². The van der Waals surface area contributed by atoms with Crippen molar-refractivity contribution in [3.8, 4) is 0 Å². The molecule has 1 amide bonds. The summed E-state index contributed by atoms with van der Waals surface area (Å²) < 4.78 is 27.0. The van der Waals surface area contributed by atoms with Crippen molar-refractivity contribution in [3.05, 3.63) is 90.1 Å². The van der Waals surface area contributed by atoms with Crippen molar-refractivity contribution in [1.82, 2.24) is 14.5 Å². The molecule has 0 unspecified atom stereocenters. The van der Waals surface area contributed by atoms with Crippen LogP contribution in [0.1, 0.15) is 16.1 Å². The summed E-state index contributed by atoms with van der Waals surface area (Å²) in [4.78, 5) is 12.7. The zero-order valence-corrected chi connectivity index (χ0v) is 17.1. The zero-order chi connectivity index (χ0) is 21.1. The fourth-order valence-corrected chi connectivity index (χ4v) is 4.30. The molecule has 0 aliphatic rings. The number of hydrogen-bond acceptors (Lipinski definition) is 4. The van der Waals surface area contributed by atoms with E-state index in [4.69, 9.17) is 0 Å². The molecule has 0 aliphatic carbocycles. The number of sulfonamides is 1. The summed E-state index contributed by atoms with van der Waals surface area (Å²) in [6.07, 6.45) is 0. The second-order valence-corrected chi connectivity index (χ2v) is 8.89. The largest absolute Gasteiger partial charge is 0.321 e. The zero-order valence-electron chi connectivity index (χ0n) is 16.2. The van der Waals surface area contributed by atoms with Crippen molar-refractivity contribution in [2.75, 3.05) is 12.4 Å². The molecule has 30 heavy (non-hydrogen) atoms. The number of fused-ring (bicyclic) bond motifs is 1. The third-order valence-electron chi connectivity index (χ3n) is 4.75. The van der Waals surface area contributed by atoms with Gasteiger partial charge in [0.1, 0.15) is 0 Å². The first kappa shape index (κ1) is 19.8. The number of aromatic amines is 1. The Labute approximate surface area is 174 Å². The summed E-state index contributed by atoms with van der Waals surface area (Å²) in [5, 5.41) is 10.4. The summed E-state index contributed by atoms with van der Waals surface area (Å²) in [6.45, 7) is 0.272. The summed E-state index contributed by atoms with van der Waals surface area (Å²) >= 11 is 0. The predicted molar refractivity (Wildman–Crippen MR) is 116 cm³/mol. The van der Waals surface area contributed by atoms with Crippen molar-refractivity contribution >= 4 is 32.5 Å². The lowest BCUT2D eigenvalue weighted by Crippen LogP contribution is -2.26. The van der Waals surface area contributed by atoms with E-state index in [0.29, 0.717) is 5.69 Å². The monoisotopic (exact) mass is 420 g/mol. The Bertz CT molecular complexity index is 1280.